The minimum absolute atomic E-state index is 0.493. The normalized spacial score (nSPS) is 11.7. The molecule has 0 spiro atoms. The molecule has 0 saturated carbocycles. The number of hydrogen-bond acceptors (Lipinski definition) is 5. The summed E-state index contributed by atoms with van der Waals surface area (Å²) in [6, 6.07) is 21.9. The van der Waals surface area contributed by atoms with E-state index in [4.69, 9.17) is 14.8 Å². The molecule has 178 valence electrons. The van der Waals surface area contributed by atoms with Gasteiger partial charge in [-0.15, -0.1) is 5.10 Å². The number of fused-ring (bicyclic) bond motifs is 2. The molecule has 8 heteroatoms. The largest absolute Gasteiger partial charge is 0.444 e. The molecule has 0 atom stereocenters. The van der Waals surface area contributed by atoms with Crippen LogP contribution in [0.2, 0.25) is 0 Å². The summed E-state index contributed by atoms with van der Waals surface area (Å²) in [5, 5.41) is 12.0. The molecular formula is C27H28N6O2. The third kappa shape index (κ3) is 4.68. The number of benzene rings is 2. The molecule has 0 bridgehead atoms. The smallest absolute Gasteiger partial charge is 0.412 e. The van der Waals surface area contributed by atoms with Crippen LogP contribution in [0.5, 0.6) is 0 Å². The fraction of sp³-hybridized carbons (Fsp3) is 0.222. The zero-order valence-electron chi connectivity index (χ0n) is 20.2. The summed E-state index contributed by atoms with van der Waals surface area (Å²) < 4.78 is 9.25. The van der Waals surface area contributed by atoms with Gasteiger partial charge in [-0.25, -0.2) is 9.31 Å². The number of ether oxygens (including phenoxy) is 1. The van der Waals surface area contributed by atoms with Gasteiger partial charge in [-0.1, -0.05) is 36.4 Å². The Morgan fingerprint density at radius 3 is 2.54 bits per heavy atom. The molecule has 0 aliphatic heterocycles. The van der Waals surface area contributed by atoms with Crippen molar-refractivity contribution in [2.24, 2.45) is 0 Å². The van der Waals surface area contributed by atoms with E-state index in [1.54, 1.807) is 0 Å². The van der Waals surface area contributed by atoms with Crippen LogP contribution in [0.1, 0.15) is 32.0 Å². The van der Waals surface area contributed by atoms with Gasteiger partial charge in [-0.05, 0) is 63.6 Å². The predicted octanol–water partition coefficient (Wildman–Crippen LogP) is 5.94. The van der Waals surface area contributed by atoms with Gasteiger partial charge in [0.1, 0.15) is 11.1 Å². The molecular weight excluding hydrogens is 440 g/mol. The van der Waals surface area contributed by atoms with Crippen LogP contribution < -0.4 is 10.6 Å². The fourth-order valence-corrected chi connectivity index (χ4v) is 4.08. The van der Waals surface area contributed by atoms with Crippen molar-refractivity contribution in [2.45, 2.75) is 39.8 Å². The van der Waals surface area contributed by atoms with Crippen molar-refractivity contribution >= 4 is 34.0 Å². The van der Waals surface area contributed by atoms with Crippen molar-refractivity contribution in [2.75, 3.05) is 10.6 Å². The number of hydrogen-bond donors (Lipinski definition) is 2. The first-order valence-corrected chi connectivity index (χ1v) is 11.5. The number of anilines is 2. The number of amides is 1. The highest BCUT2D eigenvalue weighted by Gasteiger charge is 2.19. The summed E-state index contributed by atoms with van der Waals surface area (Å²) in [6.07, 6.45) is 1.41. The van der Waals surface area contributed by atoms with Crippen molar-refractivity contribution in [3.8, 4) is 5.95 Å². The molecule has 0 radical (unpaired) electrons. The lowest BCUT2D eigenvalue weighted by Crippen LogP contribution is -2.27. The van der Waals surface area contributed by atoms with Gasteiger partial charge in [0.05, 0.1) is 11.2 Å². The van der Waals surface area contributed by atoms with E-state index in [2.05, 4.69) is 22.8 Å². The second-order valence-corrected chi connectivity index (χ2v) is 9.42. The SMILES string of the molecule is Cc1cc2c(NC(=O)OC(C)(C)C)cccc2n1-c1nc(NCc2ccccc2)c2cccn2n1. The molecule has 0 aliphatic carbocycles. The Bertz CT molecular complexity index is 1510. The van der Waals surface area contributed by atoms with Crippen LogP contribution >= 0.6 is 0 Å². The number of carbonyl (C=O) groups is 1. The minimum atomic E-state index is -0.580. The van der Waals surface area contributed by atoms with Crippen LogP contribution in [0.3, 0.4) is 0 Å². The molecule has 35 heavy (non-hydrogen) atoms. The number of aryl methyl sites for hydroxylation is 1. The van der Waals surface area contributed by atoms with E-state index in [1.807, 2.05) is 97.6 Å². The van der Waals surface area contributed by atoms with Gasteiger partial charge in [0.15, 0.2) is 5.82 Å². The van der Waals surface area contributed by atoms with Gasteiger partial charge in [-0.2, -0.15) is 4.98 Å². The number of aromatic nitrogens is 4. The quantitative estimate of drug-likeness (QED) is 0.333. The molecule has 5 aromatic rings. The summed E-state index contributed by atoms with van der Waals surface area (Å²) in [7, 11) is 0. The summed E-state index contributed by atoms with van der Waals surface area (Å²) in [6.45, 7) is 8.16. The molecule has 8 nitrogen and oxygen atoms in total. The number of carbonyl (C=O) groups excluding carboxylic acids is 1. The van der Waals surface area contributed by atoms with E-state index in [-0.39, 0.29) is 0 Å². The van der Waals surface area contributed by atoms with E-state index in [1.165, 1.54) is 0 Å². The predicted molar refractivity (Wildman–Crippen MR) is 138 cm³/mol. The number of nitrogens with one attached hydrogen (secondary N) is 2. The van der Waals surface area contributed by atoms with Crippen molar-refractivity contribution in [3.05, 3.63) is 84.2 Å². The Morgan fingerprint density at radius 2 is 1.77 bits per heavy atom. The Hall–Kier alpha value is -4.33. The first-order valence-electron chi connectivity index (χ1n) is 11.5. The van der Waals surface area contributed by atoms with Crippen LogP contribution in [-0.4, -0.2) is 30.9 Å². The number of rotatable bonds is 5. The molecule has 2 N–H and O–H groups in total. The monoisotopic (exact) mass is 468 g/mol. The first-order chi connectivity index (χ1) is 16.8. The molecule has 2 aromatic carbocycles. The average Bonchev–Trinajstić information content (AvgIpc) is 3.41. The van der Waals surface area contributed by atoms with Crippen LogP contribution in [-0.2, 0) is 11.3 Å². The van der Waals surface area contributed by atoms with Gasteiger partial charge >= 0.3 is 6.09 Å². The lowest BCUT2D eigenvalue weighted by atomic mass is 10.2. The van der Waals surface area contributed by atoms with E-state index in [0.717, 1.165) is 33.5 Å². The second kappa shape index (κ2) is 8.79. The standard InChI is InChI=1S/C27H28N6O2/c1-18-16-20-21(29-26(34)35-27(2,3)4)12-8-13-22(20)33(18)25-30-24(23-14-9-15-32(23)31-25)28-17-19-10-6-5-7-11-19/h5-16H,17H2,1-4H3,(H,29,34)(H,28,30,31). The highest BCUT2D eigenvalue weighted by Crippen LogP contribution is 2.30. The van der Waals surface area contributed by atoms with Crippen molar-refractivity contribution < 1.29 is 9.53 Å². The third-order valence-corrected chi connectivity index (χ3v) is 5.55. The maximum absolute atomic E-state index is 12.4. The van der Waals surface area contributed by atoms with E-state index < -0.39 is 11.7 Å². The Morgan fingerprint density at radius 1 is 1.00 bits per heavy atom. The van der Waals surface area contributed by atoms with Crippen molar-refractivity contribution in [1.29, 1.82) is 0 Å². The molecule has 5 rings (SSSR count). The summed E-state index contributed by atoms with van der Waals surface area (Å²) in [5.41, 5.74) is 3.98. The maximum Gasteiger partial charge on any atom is 0.412 e. The van der Waals surface area contributed by atoms with Crippen molar-refractivity contribution in [3.63, 3.8) is 0 Å². The molecule has 0 fully saturated rings. The Labute approximate surface area is 203 Å². The maximum atomic E-state index is 12.4. The zero-order chi connectivity index (χ0) is 24.6. The molecule has 3 heterocycles. The molecule has 1 amide bonds. The molecule has 0 saturated heterocycles. The lowest BCUT2D eigenvalue weighted by molar-refractivity contribution is 0.0636. The van der Waals surface area contributed by atoms with E-state index >= 15 is 0 Å². The topological polar surface area (TPSA) is 85.5 Å². The summed E-state index contributed by atoms with van der Waals surface area (Å²) in [5.74, 6) is 1.28. The molecule has 3 aromatic heterocycles. The van der Waals surface area contributed by atoms with Gasteiger partial charge < -0.3 is 10.1 Å². The van der Waals surface area contributed by atoms with E-state index in [9.17, 15) is 4.79 Å². The van der Waals surface area contributed by atoms with Crippen LogP contribution in [0.15, 0.2) is 72.9 Å². The first kappa shape index (κ1) is 22.5. The van der Waals surface area contributed by atoms with Gasteiger partial charge in [-0.3, -0.25) is 9.88 Å². The summed E-state index contributed by atoms with van der Waals surface area (Å²) >= 11 is 0. The number of nitrogens with zero attached hydrogens (tertiary/aromatic N) is 4. The second-order valence-electron chi connectivity index (χ2n) is 9.42. The van der Waals surface area contributed by atoms with Gasteiger partial charge in [0.2, 0.25) is 0 Å². The van der Waals surface area contributed by atoms with Crippen LogP contribution in [0.4, 0.5) is 16.3 Å². The highest BCUT2D eigenvalue weighted by molar-refractivity contribution is 6.00. The van der Waals surface area contributed by atoms with Crippen LogP contribution in [0, 0.1) is 6.92 Å². The molecule has 0 unspecified atom stereocenters. The highest BCUT2D eigenvalue weighted by atomic mass is 16.6. The summed E-state index contributed by atoms with van der Waals surface area (Å²) in [4.78, 5) is 17.3. The van der Waals surface area contributed by atoms with Crippen LogP contribution in [0.25, 0.3) is 22.4 Å². The third-order valence-electron chi connectivity index (χ3n) is 5.55. The molecule has 0 aliphatic rings. The van der Waals surface area contributed by atoms with Crippen molar-refractivity contribution in [1.82, 2.24) is 19.2 Å². The fourth-order valence-electron chi connectivity index (χ4n) is 4.08. The van der Waals surface area contributed by atoms with Gasteiger partial charge in [0.25, 0.3) is 5.95 Å². The average molecular weight is 469 g/mol. The lowest BCUT2D eigenvalue weighted by Gasteiger charge is -2.20. The van der Waals surface area contributed by atoms with E-state index in [0.29, 0.717) is 18.2 Å². The zero-order valence-corrected chi connectivity index (χ0v) is 20.2. The van der Waals surface area contributed by atoms with Gasteiger partial charge in [0, 0.05) is 23.8 Å². The Kier molecular flexibility index (Phi) is 5.64. The minimum Gasteiger partial charge on any atom is -0.444 e. The Balaban J connectivity index is 1.54.